The molecule has 2 fully saturated rings. The number of rotatable bonds is 2. The quantitative estimate of drug-likeness (QED) is 0.620. The van der Waals surface area contributed by atoms with Gasteiger partial charge in [0.1, 0.15) is 5.78 Å². The maximum Gasteiger partial charge on any atom is 0.135 e. The second-order valence-corrected chi connectivity index (χ2v) is 4.28. The summed E-state index contributed by atoms with van der Waals surface area (Å²) >= 11 is 0. The van der Waals surface area contributed by atoms with E-state index in [4.69, 9.17) is 0 Å². The average Bonchev–Trinajstić information content (AvgIpc) is 2.79. The molecule has 0 aromatic heterocycles. The summed E-state index contributed by atoms with van der Waals surface area (Å²) < 4.78 is 0. The highest BCUT2D eigenvalue weighted by Crippen LogP contribution is 2.31. The number of carbonyl (C=O) groups is 1. The van der Waals surface area contributed by atoms with Crippen LogP contribution in [0.5, 0.6) is 0 Å². The molecule has 1 atom stereocenters. The molecule has 0 bridgehead atoms. The predicted octanol–water partition coefficient (Wildman–Crippen LogP) is 1.45. The molecule has 1 unspecified atom stereocenters. The number of ketones is 1. The van der Waals surface area contributed by atoms with E-state index in [0.717, 1.165) is 25.3 Å². The molecule has 0 radical (unpaired) electrons. The highest BCUT2D eigenvalue weighted by atomic mass is 16.1. The van der Waals surface area contributed by atoms with Crippen molar-refractivity contribution in [3.63, 3.8) is 0 Å². The summed E-state index contributed by atoms with van der Waals surface area (Å²) in [6.07, 6.45) is 4.40. The SMILES string of the molecule is CC1CC(=O)CCN1CC1CC1. The van der Waals surface area contributed by atoms with Gasteiger partial charge in [-0.2, -0.15) is 0 Å². The van der Waals surface area contributed by atoms with Crippen LogP contribution >= 0.6 is 0 Å². The van der Waals surface area contributed by atoms with E-state index in [1.165, 1.54) is 19.4 Å². The van der Waals surface area contributed by atoms with Crippen molar-refractivity contribution in [1.29, 1.82) is 0 Å². The van der Waals surface area contributed by atoms with E-state index in [9.17, 15) is 4.79 Å². The van der Waals surface area contributed by atoms with Crippen molar-refractivity contribution in [3.05, 3.63) is 0 Å². The van der Waals surface area contributed by atoms with Crippen LogP contribution in [0.1, 0.15) is 32.6 Å². The lowest BCUT2D eigenvalue weighted by Gasteiger charge is -2.32. The molecule has 68 valence electrons. The molecule has 12 heavy (non-hydrogen) atoms. The summed E-state index contributed by atoms with van der Waals surface area (Å²) in [5, 5.41) is 0. The maximum absolute atomic E-state index is 11.1. The van der Waals surface area contributed by atoms with E-state index in [1.54, 1.807) is 0 Å². The van der Waals surface area contributed by atoms with Crippen LogP contribution in [0, 0.1) is 5.92 Å². The smallest absolute Gasteiger partial charge is 0.135 e. The molecule has 0 aromatic rings. The normalized spacial score (nSPS) is 32.4. The van der Waals surface area contributed by atoms with Crippen molar-refractivity contribution in [2.45, 2.75) is 38.6 Å². The van der Waals surface area contributed by atoms with Crippen LogP contribution in [0.15, 0.2) is 0 Å². The van der Waals surface area contributed by atoms with Gasteiger partial charge < -0.3 is 0 Å². The van der Waals surface area contributed by atoms with E-state index in [0.29, 0.717) is 11.8 Å². The third kappa shape index (κ3) is 1.86. The van der Waals surface area contributed by atoms with Crippen LogP contribution < -0.4 is 0 Å². The molecular weight excluding hydrogens is 150 g/mol. The molecule has 1 saturated carbocycles. The lowest BCUT2D eigenvalue weighted by Crippen LogP contribution is -2.41. The monoisotopic (exact) mass is 167 g/mol. The first-order valence-corrected chi connectivity index (χ1v) is 5.01. The molecule has 1 saturated heterocycles. The maximum atomic E-state index is 11.1. The van der Waals surface area contributed by atoms with E-state index in [-0.39, 0.29) is 0 Å². The zero-order valence-corrected chi connectivity index (χ0v) is 7.75. The van der Waals surface area contributed by atoms with Gasteiger partial charge in [0.25, 0.3) is 0 Å². The molecule has 2 heteroatoms. The zero-order chi connectivity index (χ0) is 8.55. The molecule has 2 nitrogen and oxygen atoms in total. The lowest BCUT2D eigenvalue weighted by atomic mass is 10.0. The van der Waals surface area contributed by atoms with Gasteiger partial charge in [0.05, 0.1) is 0 Å². The Bertz CT molecular complexity index is 186. The fraction of sp³-hybridized carbons (Fsp3) is 0.900. The Kier molecular flexibility index (Phi) is 2.18. The predicted molar refractivity (Wildman–Crippen MR) is 48.0 cm³/mol. The highest BCUT2D eigenvalue weighted by Gasteiger charge is 2.29. The minimum absolute atomic E-state index is 0.453. The molecule has 1 aliphatic heterocycles. The van der Waals surface area contributed by atoms with E-state index < -0.39 is 0 Å². The van der Waals surface area contributed by atoms with Crippen LogP contribution in [-0.2, 0) is 4.79 Å². The van der Waals surface area contributed by atoms with Crippen LogP contribution in [-0.4, -0.2) is 29.8 Å². The summed E-state index contributed by atoms with van der Waals surface area (Å²) in [5.41, 5.74) is 0. The van der Waals surface area contributed by atoms with Gasteiger partial charge in [-0.3, -0.25) is 9.69 Å². The third-order valence-corrected chi connectivity index (χ3v) is 3.01. The van der Waals surface area contributed by atoms with Crippen molar-refractivity contribution in [1.82, 2.24) is 4.90 Å². The third-order valence-electron chi connectivity index (χ3n) is 3.01. The Morgan fingerprint density at radius 2 is 2.25 bits per heavy atom. The topological polar surface area (TPSA) is 20.3 Å². The molecule has 2 rings (SSSR count). The van der Waals surface area contributed by atoms with Crippen molar-refractivity contribution in [2.24, 2.45) is 5.92 Å². The van der Waals surface area contributed by atoms with Crippen LogP contribution in [0.3, 0.4) is 0 Å². The Balaban J connectivity index is 1.83. The Labute approximate surface area is 73.9 Å². The highest BCUT2D eigenvalue weighted by molar-refractivity contribution is 5.79. The second-order valence-electron chi connectivity index (χ2n) is 4.28. The fourth-order valence-corrected chi connectivity index (χ4v) is 1.95. The molecule has 0 amide bonds. The number of carbonyl (C=O) groups excluding carboxylic acids is 1. The first-order chi connectivity index (χ1) is 5.75. The van der Waals surface area contributed by atoms with Gasteiger partial charge in [-0.25, -0.2) is 0 Å². The van der Waals surface area contributed by atoms with Gasteiger partial charge in [-0.1, -0.05) is 0 Å². The lowest BCUT2D eigenvalue weighted by molar-refractivity contribution is -0.122. The number of nitrogens with zero attached hydrogens (tertiary/aromatic N) is 1. The largest absolute Gasteiger partial charge is 0.300 e. The summed E-state index contributed by atoms with van der Waals surface area (Å²) in [5.74, 6) is 1.41. The summed E-state index contributed by atoms with van der Waals surface area (Å²) in [6, 6.07) is 0.506. The number of hydrogen-bond donors (Lipinski definition) is 0. The Hall–Kier alpha value is -0.370. The van der Waals surface area contributed by atoms with Crippen molar-refractivity contribution in [2.75, 3.05) is 13.1 Å². The average molecular weight is 167 g/mol. The van der Waals surface area contributed by atoms with Gasteiger partial charge >= 0.3 is 0 Å². The minimum Gasteiger partial charge on any atom is -0.300 e. The van der Waals surface area contributed by atoms with Crippen LogP contribution in [0.25, 0.3) is 0 Å². The summed E-state index contributed by atoms with van der Waals surface area (Å²) in [4.78, 5) is 13.6. The van der Waals surface area contributed by atoms with E-state index in [2.05, 4.69) is 11.8 Å². The van der Waals surface area contributed by atoms with Crippen molar-refractivity contribution in [3.8, 4) is 0 Å². The summed E-state index contributed by atoms with van der Waals surface area (Å²) in [7, 11) is 0. The number of likely N-dealkylation sites (tertiary alicyclic amines) is 1. The first kappa shape index (κ1) is 8.24. The van der Waals surface area contributed by atoms with Crippen LogP contribution in [0.4, 0.5) is 0 Å². The van der Waals surface area contributed by atoms with Crippen molar-refractivity contribution >= 4 is 5.78 Å². The molecular formula is C10H17NO. The van der Waals surface area contributed by atoms with Gasteiger partial charge in [0.2, 0.25) is 0 Å². The number of hydrogen-bond acceptors (Lipinski definition) is 2. The fourth-order valence-electron chi connectivity index (χ4n) is 1.95. The molecule has 1 heterocycles. The molecule has 0 N–H and O–H groups in total. The van der Waals surface area contributed by atoms with Gasteiger partial charge in [-0.05, 0) is 25.7 Å². The van der Waals surface area contributed by atoms with Gasteiger partial charge in [0.15, 0.2) is 0 Å². The molecule has 0 aromatic carbocycles. The van der Waals surface area contributed by atoms with Crippen molar-refractivity contribution < 1.29 is 4.79 Å². The standard InChI is InChI=1S/C10H17NO/c1-8-6-10(12)4-5-11(8)7-9-2-3-9/h8-9H,2-7H2,1H3. The second kappa shape index (κ2) is 3.17. The summed E-state index contributed by atoms with van der Waals surface area (Å²) in [6.45, 7) is 4.43. The Morgan fingerprint density at radius 3 is 2.83 bits per heavy atom. The van der Waals surface area contributed by atoms with E-state index >= 15 is 0 Å². The Morgan fingerprint density at radius 1 is 1.50 bits per heavy atom. The molecule has 1 aliphatic carbocycles. The van der Waals surface area contributed by atoms with E-state index in [1.807, 2.05) is 0 Å². The van der Waals surface area contributed by atoms with Gasteiger partial charge in [0, 0.05) is 32.0 Å². The number of Topliss-reactive ketones (excluding diaryl/α,β-unsaturated/α-hetero) is 1. The minimum atomic E-state index is 0.453. The first-order valence-electron chi connectivity index (χ1n) is 5.01. The molecule has 2 aliphatic rings. The molecule has 0 spiro atoms. The van der Waals surface area contributed by atoms with Crippen LogP contribution in [0.2, 0.25) is 0 Å². The zero-order valence-electron chi connectivity index (χ0n) is 7.75. The number of piperidine rings is 1. The van der Waals surface area contributed by atoms with Gasteiger partial charge in [-0.15, -0.1) is 0 Å².